The van der Waals surface area contributed by atoms with Crippen LogP contribution in [0.3, 0.4) is 0 Å². The minimum Gasteiger partial charge on any atom is -0.493 e. The molecule has 1 aromatic rings. The highest BCUT2D eigenvalue weighted by Crippen LogP contribution is 2.51. The lowest BCUT2D eigenvalue weighted by atomic mass is 9.62. The van der Waals surface area contributed by atoms with E-state index in [0.717, 1.165) is 37.3 Å². The molecular weight excluding hydrogens is 278 g/mol. The van der Waals surface area contributed by atoms with E-state index in [9.17, 15) is 5.11 Å². The van der Waals surface area contributed by atoms with Crippen LogP contribution in [-0.2, 0) is 5.41 Å². The summed E-state index contributed by atoms with van der Waals surface area (Å²) in [7, 11) is 5.54. The zero-order chi connectivity index (χ0) is 15.9. The third-order valence-corrected chi connectivity index (χ3v) is 5.90. The summed E-state index contributed by atoms with van der Waals surface area (Å²) in [6, 6.07) is 6.70. The Morgan fingerprint density at radius 3 is 2.59 bits per heavy atom. The van der Waals surface area contributed by atoms with E-state index < -0.39 is 0 Å². The number of benzene rings is 1. The topological polar surface area (TPSA) is 41.9 Å². The quantitative estimate of drug-likeness (QED) is 0.931. The van der Waals surface area contributed by atoms with Gasteiger partial charge in [-0.15, -0.1) is 0 Å². The van der Waals surface area contributed by atoms with Crippen molar-refractivity contribution in [3.8, 4) is 11.5 Å². The van der Waals surface area contributed by atoms with Crippen LogP contribution in [0.5, 0.6) is 11.5 Å². The van der Waals surface area contributed by atoms with Crippen molar-refractivity contribution in [2.24, 2.45) is 5.92 Å². The van der Waals surface area contributed by atoms with Gasteiger partial charge in [-0.3, -0.25) is 0 Å². The molecule has 1 aromatic carbocycles. The number of aliphatic hydroxyl groups is 1. The van der Waals surface area contributed by atoms with Crippen molar-refractivity contribution in [3.63, 3.8) is 0 Å². The first-order valence-corrected chi connectivity index (χ1v) is 8.14. The van der Waals surface area contributed by atoms with Gasteiger partial charge in [0.2, 0.25) is 0 Å². The van der Waals surface area contributed by atoms with E-state index in [0.29, 0.717) is 6.04 Å². The SMILES string of the molecule is COc1ccc([C@@]23CC[C@H](O)[C@H](C)[C@@H]2N(C)CC3)cc1OC. The molecule has 1 N–H and O–H groups in total. The molecule has 122 valence electrons. The molecular formula is C18H27NO3. The number of hydrogen-bond acceptors (Lipinski definition) is 4. The number of nitrogens with zero attached hydrogens (tertiary/aromatic N) is 1. The molecule has 0 amide bonds. The molecule has 1 aliphatic heterocycles. The average molecular weight is 305 g/mol. The fraction of sp³-hybridized carbons (Fsp3) is 0.667. The average Bonchev–Trinajstić information content (AvgIpc) is 2.89. The van der Waals surface area contributed by atoms with E-state index in [4.69, 9.17) is 9.47 Å². The van der Waals surface area contributed by atoms with E-state index in [2.05, 4.69) is 31.0 Å². The van der Waals surface area contributed by atoms with Gasteiger partial charge in [-0.05, 0) is 56.5 Å². The Labute approximate surface area is 133 Å². The van der Waals surface area contributed by atoms with E-state index in [1.54, 1.807) is 14.2 Å². The summed E-state index contributed by atoms with van der Waals surface area (Å²) in [6.45, 7) is 3.27. The molecule has 1 aliphatic carbocycles. The number of aliphatic hydroxyl groups excluding tert-OH is 1. The van der Waals surface area contributed by atoms with E-state index in [-0.39, 0.29) is 17.4 Å². The molecule has 0 bridgehead atoms. The van der Waals surface area contributed by atoms with Crippen LogP contribution in [0.25, 0.3) is 0 Å². The number of fused-ring (bicyclic) bond motifs is 1. The Morgan fingerprint density at radius 2 is 1.91 bits per heavy atom. The first-order chi connectivity index (χ1) is 10.5. The second-order valence-corrected chi connectivity index (χ2v) is 6.87. The lowest BCUT2D eigenvalue weighted by Gasteiger charge is -2.47. The Kier molecular flexibility index (Phi) is 4.08. The predicted molar refractivity (Wildman–Crippen MR) is 86.7 cm³/mol. The second kappa shape index (κ2) is 5.74. The van der Waals surface area contributed by atoms with Crippen molar-refractivity contribution in [1.82, 2.24) is 4.90 Å². The van der Waals surface area contributed by atoms with Crippen molar-refractivity contribution in [1.29, 1.82) is 0 Å². The van der Waals surface area contributed by atoms with Gasteiger partial charge in [0.25, 0.3) is 0 Å². The summed E-state index contributed by atoms with van der Waals surface area (Å²) >= 11 is 0. The van der Waals surface area contributed by atoms with E-state index in [1.165, 1.54) is 5.56 Å². The summed E-state index contributed by atoms with van der Waals surface area (Å²) in [5, 5.41) is 10.3. The summed E-state index contributed by atoms with van der Waals surface area (Å²) in [6.07, 6.45) is 2.85. The molecule has 0 aromatic heterocycles. The van der Waals surface area contributed by atoms with Crippen LogP contribution < -0.4 is 9.47 Å². The second-order valence-electron chi connectivity index (χ2n) is 6.87. The number of ether oxygens (including phenoxy) is 2. The standard InChI is InChI=1S/C18H27NO3/c1-12-14(20)7-8-18(9-10-19(2)17(12)18)13-5-6-15(21-3)16(11-13)22-4/h5-6,11-12,14,17,20H,7-10H2,1-4H3/t12-,14-,17-,18-/m0/s1. The van der Waals surface area contributed by atoms with E-state index >= 15 is 0 Å². The summed E-state index contributed by atoms with van der Waals surface area (Å²) in [5.74, 6) is 1.85. The lowest BCUT2D eigenvalue weighted by Crippen LogP contribution is -2.53. The van der Waals surface area contributed by atoms with Gasteiger partial charge in [-0.25, -0.2) is 0 Å². The smallest absolute Gasteiger partial charge is 0.161 e. The number of methoxy groups -OCH3 is 2. The van der Waals surface area contributed by atoms with Crippen LogP contribution in [0.2, 0.25) is 0 Å². The molecule has 0 radical (unpaired) electrons. The minimum absolute atomic E-state index is 0.118. The zero-order valence-electron chi connectivity index (χ0n) is 14.0. The molecule has 1 saturated heterocycles. The minimum atomic E-state index is -0.196. The monoisotopic (exact) mass is 305 g/mol. The maximum atomic E-state index is 10.3. The molecule has 1 saturated carbocycles. The predicted octanol–water partition coefficient (Wildman–Crippen LogP) is 2.44. The molecule has 0 unspecified atom stereocenters. The number of likely N-dealkylation sites (tertiary alicyclic amines) is 1. The Hall–Kier alpha value is -1.26. The van der Waals surface area contributed by atoms with Crippen molar-refractivity contribution >= 4 is 0 Å². The molecule has 22 heavy (non-hydrogen) atoms. The first kappa shape index (κ1) is 15.6. The highest BCUT2D eigenvalue weighted by Gasteiger charge is 2.53. The molecule has 4 nitrogen and oxygen atoms in total. The Morgan fingerprint density at radius 1 is 1.18 bits per heavy atom. The highest BCUT2D eigenvalue weighted by atomic mass is 16.5. The van der Waals surface area contributed by atoms with Gasteiger partial charge in [-0.1, -0.05) is 13.0 Å². The van der Waals surface area contributed by atoms with Gasteiger partial charge < -0.3 is 19.5 Å². The van der Waals surface area contributed by atoms with Crippen molar-refractivity contribution < 1.29 is 14.6 Å². The maximum absolute atomic E-state index is 10.3. The number of rotatable bonds is 3. The molecule has 4 atom stereocenters. The Balaban J connectivity index is 2.05. The van der Waals surface area contributed by atoms with Gasteiger partial charge >= 0.3 is 0 Å². The fourth-order valence-electron chi connectivity index (χ4n) is 4.75. The van der Waals surface area contributed by atoms with Crippen LogP contribution in [0.1, 0.15) is 31.7 Å². The highest BCUT2D eigenvalue weighted by molar-refractivity contribution is 5.46. The third kappa shape index (κ3) is 2.20. The van der Waals surface area contributed by atoms with Crippen LogP contribution in [0.15, 0.2) is 18.2 Å². The molecule has 2 aliphatic rings. The molecule has 2 fully saturated rings. The van der Waals surface area contributed by atoms with Crippen LogP contribution in [-0.4, -0.2) is 50.0 Å². The largest absolute Gasteiger partial charge is 0.493 e. The van der Waals surface area contributed by atoms with Crippen molar-refractivity contribution in [2.45, 2.75) is 43.7 Å². The van der Waals surface area contributed by atoms with Crippen LogP contribution in [0.4, 0.5) is 0 Å². The molecule has 1 heterocycles. The summed E-state index contributed by atoms with van der Waals surface area (Å²) in [5.41, 5.74) is 1.44. The van der Waals surface area contributed by atoms with Crippen molar-refractivity contribution in [2.75, 3.05) is 27.8 Å². The lowest BCUT2D eigenvalue weighted by molar-refractivity contribution is 0.00251. The number of hydrogen-bond donors (Lipinski definition) is 1. The van der Waals surface area contributed by atoms with E-state index in [1.807, 2.05) is 6.07 Å². The van der Waals surface area contributed by atoms with Gasteiger partial charge in [-0.2, -0.15) is 0 Å². The molecule has 4 heteroatoms. The van der Waals surface area contributed by atoms with Crippen molar-refractivity contribution in [3.05, 3.63) is 23.8 Å². The maximum Gasteiger partial charge on any atom is 0.161 e. The summed E-state index contributed by atoms with van der Waals surface area (Å²) < 4.78 is 10.9. The van der Waals surface area contributed by atoms with Crippen LogP contribution in [0, 0.1) is 5.92 Å². The van der Waals surface area contributed by atoms with Gasteiger partial charge in [0.05, 0.1) is 20.3 Å². The van der Waals surface area contributed by atoms with Gasteiger partial charge in [0, 0.05) is 11.5 Å². The fourth-order valence-corrected chi connectivity index (χ4v) is 4.75. The van der Waals surface area contributed by atoms with Gasteiger partial charge in [0.1, 0.15) is 0 Å². The molecule has 0 spiro atoms. The summed E-state index contributed by atoms with van der Waals surface area (Å²) in [4.78, 5) is 2.42. The zero-order valence-corrected chi connectivity index (χ0v) is 14.0. The van der Waals surface area contributed by atoms with Crippen LogP contribution >= 0.6 is 0 Å². The number of likely N-dealkylation sites (N-methyl/N-ethyl adjacent to an activating group) is 1. The van der Waals surface area contributed by atoms with Gasteiger partial charge in [0.15, 0.2) is 11.5 Å². The Bertz CT molecular complexity index is 547. The first-order valence-electron chi connectivity index (χ1n) is 8.14. The normalized spacial score (nSPS) is 35.2. The molecule has 3 rings (SSSR count). The third-order valence-electron chi connectivity index (χ3n) is 5.90.